The van der Waals surface area contributed by atoms with Gasteiger partial charge in [-0.25, -0.2) is 0 Å². The third-order valence-electron chi connectivity index (χ3n) is 3.01. The van der Waals surface area contributed by atoms with Gasteiger partial charge < -0.3 is 15.7 Å². The van der Waals surface area contributed by atoms with Crippen LogP contribution in [0.2, 0.25) is 0 Å². The second-order valence-electron chi connectivity index (χ2n) is 4.59. The van der Waals surface area contributed by atoms with Crippen LogP contribution in [-0.2, 0) is 9.59 Å². The van der Waals surface area contributed by atoms with Crippen molar-refractivity contribution in [2.24, 2.45) is 11.8 Å². The fourth-order valence-corrected chi connectivity index (χ4v) is 1.99. The summed E-state index contributed by atoms with van der Waals surface area (Å²) in [5, 5.41) is 14.6. The third-order valence-corrected chi connectivity index (χ3v) is 3.01. The summed E-state index contributed by atoms with van der Waals surface area (Å²) in [6, 6.07) is 0.217. The Bertz CT molecular complexity index is 268. The number of carbonyl (C=O) groups is 2. The summed E-state index contributed by atoms with van der Waals surface area (Å²) in [5.74, 6) is -0.782. The first kappa shape index (κ1) is 13.0. The van der Waals surface area contributed by atoms with E-state index in [1.54, 1.807) is 0 Å². The SMILES string of the molecule is CC(CNC(=O)C1CCNC1C)CC(=O)O. The number of aliphatic carboxylic acids is 1. The first-order valence-electron chi connectivity index (χ1n) is 5.73. The van der Waals surface area contributed by atoms with Gasteiger partial charge in [0.05, 0.1) is 5.92 Å². The molecule has 1 saturated heterocycles. The molecule has 0 radical (unpaired) electrons. The van der Waals surface area contributed by atoms with Crippen molar-refractivity contribution in [1.82, 2.24) is 10.6 Å². The zero-order chi connectivity index (χ0) is 12.1. The molecule has 1 heterocycles. The van der Waals surface area contributed by atoms with Gasteiger partial charge in [0.25, 0.3) is 0 Å². The molecule has 0 spiro atoms. The molecular formula is C11H20N2O3. The Morgan fingerprint density at radius 3 is 2.75 bits per heavy atom. The van der Waals surface area contributed by atoms with Gasteiger partial charge in [-0.3, -0.25) is 9.59 Å². The van der Waals surface area contributed by atoms with E-state index in [9.17, 15) is 9.59 Å². The molecule has 1 fully saturated rings. The molecule has 0 aromatic rings. The van der Waals surface area contributed by atoms with E-state index < -0.39 is 5.97 Å². The van der Waals surface area contributed by atoms with E-state index in [0.717, 1.165) is 13.0 Å². The maximum atomic E-state index is 11.7. The molecule has 5 heteroatoms. The lowest BCUT2D eigenvalue weighted by Crippen LogP contribution is -2.38. The lowest BCUT2D eigenvalue weighted by atomic mass is 10.0. The predicted molar refractivity (Wildman–Crippen MR) is 60.0 cm³/mol. The van der Waals surface area contributed by atoms with Gasteiger partial charge in [-0.1, -0.05) is 6.92 Å². The minimum atomic E-state index is -0.822. The van der Waals surface area contributed by atoms with Crippen molar-refractivity contribution in [3.63, 3.8) is 0 Å². The largest absolute Gasteiger partial charge is 0.481 e. The van der Waals surface area contributed by atoms with E-state index in [2.05, 4.69) is 10.6 Å². The fraction of sp³-hybridized carbons (Fsp3) is 0.818. The van der Waals surface area contributed by atoms with Crippen LogP contribution in [0.3, 0.4) is 0 Å². The third kappa shape index (κ3) is 3.81. The van der Waals surface area contributed by atoms with Crippen LogP contribution in [0, 0.1) is 11.8 Å². The van der Waals surface area contributed by atoms with Crippen molar-refractivity contribution in [2.45, 2.75) is 32.7 Å². The van der Waals surface area contributed by atoms with Crippen LogP contribution in [0.25, 0.3) is 0 Å². The molecule has 0 bridgehead atoms. The van der Waals surface area contributed by atoms with Crippen LogP contribution in [0.1, 0.15) is 26.7 Å². The highest BCUT2D eigenvalue weighted by Gasteiger charge is 2.29. The molecule has 3 atom stereocenters. The zero-order valence-corrected chi connectivity index (χ0v) is 9.82. The Morgan fingerprint density at radius 1 is 1.56 bits per heavy atom. The number of carboxylic acids is 1. The summed E-state index contributed by atoms with van der Waals surface area (Å²) in [7, 11) is 0. The van der Waals surface area contributed by atoms with Gasteiger partial charge in [0.15, 0.2) is 0 Å². The Hall–Kier alpha value is -1.10. The quantitative estimate of drug-likeness (QED) is 0.628. The molecule has 1 aliphatic heterocycles. The molecule has 5 nitrogen and oxygen atoms in total. The molecular weight excluding hydrogens is 208 g/mol. The lowest BCUT2D eigenvalue weighted by molar-refractivity contribution is -0.138. The van der Waals surface area contributed by atoms with E-state index in [0.29, 0.717) is 6.54 Å². The van der Waals surface area contributed by atoms with Gasteiger partial charge in [-0.15, -0.1) is 0 Å². The van der Waals surface area contributed by atoms with E-state index in [-0.39, 0.29) is 30.2 Å². The van der Waals surface area contributed by atoms with Crippen LogP contribution in [0.5, 0.6) is 0 Å². The second kappa shape index (κ2) is 5.84. The van der Waals surface area contributed by atoms with Crippen molar-refractivity contribution in [2.75, 3.05) is 13.1 Å². The average Bonchev–Trinajstić information content (AvgIpc) is 2.60. The average molecular weight is 228 g/mol. The monoisotopic (exact) mass is 228 g/mol. The lowest BCUT2D eigenvalue weighted by Gasteiger charge is -2.16. The van der Waals surface area contributed by atoms with E-state index in [1.165, 1.54) is 0 Å². The van der Waals surface area contributed by atoms with Crippen LogP contribution in [0.15, 0.2) is 0 Å². The molecule has 16 heavy (non-hydrogen) atoms. The number of hydrogen-bond donors (Lipinski definition) is 3. The van der Waals surface area contributed by atoms with Crippen LogP contribution in [0.4, 0.5) is 0 Å². The highest BCUT2D eigenvalue weighted by Crippen LogP contribution is 2.15. The minimum Gasteiger partial charge on any atom is -0.481 e. The highest BCUT2D eigenvalue weighted by molar-refractivity contribution is 5.79. The molecule has 1 aliphatic rings. The Kier molecular flexibility index (Phi) is 4.73. The Labute approximate surface area is 95.6 Å². The number of hydrogen-bond acceptors (Lipinski definition) is 3. The second-order valence-corrected chi connectivity index (χ2v) is 4.59. The van der Waals surface area contributed by atoms with Gasteiger partial charge >= 0.3 is 5.97 Å². The molecule has 3 N–H and O–H groups in total. The fourth-order valence-electron chi connectivity index (χ4n) is 1.99. The normalized spacial score (nSPS) is 26.4. The van der Waals surface area contributed by atoms with Gasteiger partial charge in [0.1, 0.15) is 0 Å². The van der Waals surface area contributed by atoms with Crippen molar-refractivity contribution in [3.05, 3.63) is 0 Å². The molecule has 1 amide bonds. The van der Waals surface area contributed by atoms with E-state index >= 15 is 0 Å². The zero-order valence-electron chi connectivity index (χ0n) is 9.82. The highest BCUT2D eigenvalue weighted by atomic mass is 16.4. The summed E-state index contributed by atoms with van der Waals surface area (Å²) in [4.78, 5) is 22.2. The van der Waals surface area contributed by atoms with Gasteiger partial charge in [-0.2, -0.15) is 0 Å². The first-order valence-corrected chi connectivity index (χ1v) is 5.73. The van der Waals surface area contributed by atoms with E-state index in [1.807, 2.05) is 13.8 Å². The maximum absolute atomic E-state index is 11.7. The van der Waals surface area contributed by atoms with Crippen LogP contribution >= 0.6 is 0 Å². The summed E-state index contributed by atoms with van der Waals surface area (Å²) >= 11 is 0. The molecule has 92 valence electrons. The first-order chi connectivity index (χ1) is 7.50. The maximum Gasteiger partial charge on any atom is 0.303 e. The minimum absolute atomic E-state index is 0.0221. The van der Waals surface area contributed by atoms with Gasteiger partial charge in [0, 0.05) is 19.0 Å². The number of rotatable bonds is 5. The van der Waals surface area contributed by atoms with Crippen molar-refractivity contribution >= 4 is 11.9 Å². The molecule has 0 saturated carbocycles. The Morgan fingerprint density at radius 2 is 2.25 bits per heavy atom. The number of carboxylic acid groups (broad SMARTS) is 1. The van der Waals surface area contributed by atoms with Crippen molar-refractivity contribution in [3.8, 4) is 0 Å². The standard InChI is InChI=1S/C11H20N2O3/c1-7(5-10(14)15)6-13-11(16)9-3-4-12-8(9)2/h7-9,12H,3-6H2,1-2H3,(H,13,16)(H,14,15). The summed E-state index contributed by atoms with van der Waals surface area (Å²) < 4.78 is 0. The predicted octanol–water partition coefficient (Wildman–Crippen LogP) is 0.211. The molecule has 1 rings (SSSR count). The number of amides is 1. The van der Waals surface area contributed by atoms with E-state index in [4.69, 9.17) is 5.11 Å². The summed E-state index contributed by atoms with van der Waals surface area (Å²) in [6.45, 7) is 5.14. The number of nitrogens with one attached hydrogen (secondary N) is 2. The van der Waals surface area contributed by atoms with Gasteiger partial charge in [-0.05, 0) is 25.8 Å². The van der Waals surface area contributed by atoms with Crippen molar-refractivity contribution < 1.29 is 14.7 Å². The van der Waals surface area contributed by atoms with Crippen molar-refractivity contribution in [1.29, 1.82) is 0 Å². The van der Waals surface area contributed by atoms with Crippen LogP contribution < -0.4 is 10.6 Å². The topological polar surface area (TPSA) is 78.4 Å². The smallest absolute Gasteiger partial charge is 0.303 e. The molecule has 0 aromatic carbocycles. The molecule has 0 aliphatic carbocycles. The summed E-state index contributed by atoms with van der Waals surface area (Å²) in [6.07, 6.45) is 0.957. The van der Waals surface area contributed by atoms with Gasteiger partial charge in [0.2, 0.25) is 5.91 Å². The van der Waals surface area contributed by atoms with Crippen LogP contribution in [-0.4, -0.2) is 36.1 Å². The summed E-state index contributed by atoms with van der Waals surface area (Å²) in [5.41, 5.74) is 0. The molecule has 0 aromatic heterocycles. The molecule has 3 unspecified atom stereocenters. The number of carbonyl (C=O) groups excluding carboxylic acids is 1. The Balaban J connectivity index is 2.26.